The summed E-state index contributed by atoms with van der Waals surface area (Å²) in [7, 11) is 1.97. The van der Waals surface area contributed by atoms with Gasteiger partial charge in [-0.15, -0.1) is 0 Å². The fraction of sp³-hybridized carbons (Fsp3) is 0.647. The molecule has 1 aliphatic rings. The molecule has 1 fully saturated rings. The molecular weight excluding hydrogens is 232 g/mol. The highest BCUT2D eigenvalue weighted by molar-refractivity contribution is 5.44. The summed E-state index contributed by atoms with van der Waals surface area (Å²) in [6, 6.07) is 8.63. The van der Waals surface area contributed by atoms with Crippen molar-refractivity contribution in [1.82, 2.24) is 5.32 Å². The van der Waals surface area contributed by atoms with Crippen LogP contribution in [0.2, 0.25) is 0 Å². The minimum absolute atomic E-state index is 0.428. The SMILES string of the molecule is CNc1cccc(CNCC(C)(C)C2CCCC2)c1. The lowest BCUT2D eigenvalue weighted by Gasteiger charge is -2.32. The minimum Gasteiger partial charge on any atom is -0.388 e. The molecule has 0 radical (unpaired) electrons. The summed E-state index contributed by atoms with van der Waals surface area (Å²) in [5.74, 6) is 0.906. The summed E-state index contributed by atoms with van der Waals surface area (Å²) in [5, 5.41) is 6.83. The van der Waals surface area contributed by atoms with Crippen molar-refractivity contribution < 1.29 is 0 Å². The molecule has 1 aromatic rings. The van der Waals surface area contributed by atoms with Crippen LogP contribution in [0.3, 0.4) is 0 Å². The fourth-order valence-electron chi connectivity index (χ4n) is 3.22. The molecule has 1 aromatic carbocycles. The first-order valence-electron chi connectivity index (χ1n) is 7.59. The quantitative estimate of drug-likeness (QED) is 0.807. The van der Waals surface area contributed by atoms with Gasteiger partial charge < -0.3 is 10.6 Å². The molecule has 0 aromatic heterocycles. The van der Waals surface area contributed by atoms with Gasteiger partial charge in [-0.1, -0.05) is 38.8 Å². The van der Waals surface area contributed by atoms with Gasteiger partial charge in [-0.25, -0.2) is 0 Å². The number of rotatable bonds is 6. The van der Waals surface area contributed by atoms with Gasteiger partial charge in [0.2, 0.25) is 0 Å². The second-order valence-electron chi connectivity index (χ2n) is 6.52. The van der Waals surface area contributed by atoms with Crippen molar-refractivity contribution >= 4 is 5.69 Å². The summed E-state index contributed by atoms with van der Waals surface area (Å²) >= 11 is 0. The Morgan fingerprint density at radius 2 is 1.95 bits per heavy atom. The second kappa shape index (κ2) is 6.42. The van der Waals surface area contributed by atoms with E-state index >= 15 is 0 Å². The molecule has 0 heterocycles. The second-order valence-corrected chi connectivity index (χ2v) is 6.52. The highest BCUT2D eigenvalue weighted by atomic mass is 14.9. The van der Waals surface area contributed by atoms with Crippen molar-refractivity contribution in [2.45, 2.75) is 46.1 Å². The Bertz CT molecular complexity index is 392. The molecule has 1 saturated carbocycles. The van der Waals surface area contributed by atoms with E-state index in [1.54, 1.807) is 0 Å². The van der Waals surface area contributed by atoms with E-state index in [4.69, 9.17) is 0 Å². The van der Waals surface area contributed by atoms with Gasteiger partial charge in [0, 0.05) is 25.8 Å². The van der Waals surface area contributed by atoms with Crippen molar-refractivity contribution in [1.29, 1.82) is 0 Å². The van der Waals surface area contributed by atoms with E-state index in [2.05, 4.69) is 48.7 Å². The first kappa shape index (κ1) is 14.4. The van der Waals surface area contributed by atoms with Crippen LogP contribution >= 0.6 is 0 Å². The van der Waals surface area contributed by atoms with E-state index in [1.165, 1.54) is 36.9 Å². The van der Waals surface area contributed by atoms with Gasteiger partial charge in [0.1, 0.15) is 0 Å². The summed E-state index contributed by atoms with van der Waals surface area (Å²) in [4.78, 5) is 0. The van der Waals surface area contributed by atoms with Crippen LogP contribution < -0.4 is 10.6 Å². The molecule has 0 saturated heterocycles. The van der Waals surface area contributed by atoms with Crippen LogP contribution in [0.4, 0.5) is 5.69 Å². The Morgan fingerprint density at radius 3 is 2.63 bits per heavy atom. The summed E-state index contributed by atoms with van der Waals surface area (Å²) in [6.07, 6.45) is 5.70. The Hall–Kier alpha value is -1.02. The maximum absolute atomic E-state index is 3.64. The third-order valence-corrected chi connectivity index (χ3v) is 4.59. The van der Waals surface area contributed by atoms with E-state index in [1.807, 2.05) is 7.05 Å². The van der Waals surface area contributed by atoms with Gasteiger partial charge in [0.05, 0.1) is 0 Å². The molecule has 19 heavy (non-hydrogen) atoms. The molecule has 2 rings (SSSR count). The number of anilines is 1. The molecule has 2 heteroatoms. The van der Waals surface area contributed by atoms with Crippen LogP contribution in [-0.2, 0) is 6.54 Å². The molecule has 2 nitrogen and oxygen atoms in total. The maximum Gasteiger partial charge on any atom is 0.0340 e. The predicted octanol–water partition coefficient (Wildman–Crippen LogP) is 4.03. The first-order chi connectivity index (χ1) is 9.12. The van der Waals surface area contributed by atoms with Gasteiger partial charge in [-0.3, -0.25) is 0 Å². The summed E-state index contributed by atoms with van der Waals surface area (Å²) in [6.45, 7) is 6.91. The van der Waals surface area contributed by atoms with E-state index in [0.29, 0.717) is 5.41 Å². The maximum atomic E-state index is 3.64. The monoisotopic (exact) mass is 260 g/mol. The third-order valence-electron chi connectivity index (χ3n) is 4.59. The van der Waals surface area contributed by atoms with Crippen LogP contribution in [0.1, 0.15) is 45.1 Å². The predicted molar refractivity (Wildman–Crippen MR) is 83.4 cm³/mol. The number of nitrogens with one attached hydrogen (secondary N) is 2. The molecule has 0 bridgehead atoms. The van der Waals surface area contributed by atoms with Gasteiger partial charge in [-0.05, 0) is 41.9 Å². The highest BCUT2D eigenvalue weighted by Gasteiger charge is 2.31. The van der Waals surface area contributed by atoms with E-state index in [-0.39, 0.29) is 0 Å². The van der Waals surface area contributed by atoms with Crippen molar-refractivity contribution in [2.24, 2.45) is 11.3 Å². The first-order valence-corrected chi connectivity index (χ1v) is 7.59. The Balaban J connectivity index is 1.81. The molecule has 0 amide bonds. The van der Waals surface area contributed by atoms with Crippen molar-refractivity contribution in [3.8, 4) is 0 Å². The number of hydrogen-bond donors (Lipinski definition) is 2. The Labute approximate surface area is 118 Å². The zero-order valence-corrected chi connectivity index (χ0v) is 12.6. The van der Waals surface area contributed by atoms with Crippen LogP contribution in [0.25, 0.3) is 0 Å². The van der Waals surface area contributed by atoms with Crippen LogP contribution in [0.5, 0.6) is 0 Å². The minimum atomic E-state index is 0.428. The van der Waals surface area contributed by atoms with Crippen LogP contribution in [0.15, 0.2) is 24.3 Å². The zero-order valence-electron chi connectivity index (χ0n) is 12.6. The van der Waals surface area contributed by atoms with E-state index in [9.17, 15) is 0 Å². The lowest BCUT2D eigenvalue weighted by atomic mass is 9.77. The molecule has 0 unspecified atom stereocenters. The van der Waals surface area contributed by atoms with Crippen LogP contribution in [0, 0.1) is 11.3 Å². The molecule has 0 aliphatic heterocycles. The number of hydrogen-bond acceptors (Lipinski definition) is 2. The van der Waals surface area contributed by atoms with Gasteiger partial charge in [0.25, 0.3) is 0 Å². The smallest absolute Gasteiger partial charge is 0.0340 e. The molecule has 1 aliphatic carbocycles. The molecule has 0 atom stereocenters. The van der Waals surface area contributed by atoms with E-state index < -0.39 is 0 Å². The number of benzene rings is 1. The lowest BCUT2D eigenvalue weighted by Crippen LogP contribution is -2.34. The lowest BCUT2D eigenvalue weighted by molar-refractivity contribution is 0.208. The molecule has 0 spiro atoms. The molecule has 2 N–H and O–H groups in total. The fourth-order valence-corrected chi connectivity index (χ4v) is 3.22. The van der Waals surface area contributed by atoms with Crippen LogP contribution in [-0.4, -0.2) is 13.6 Å². The zero-order chi connectivity index (χ0) is 13.7. The Kier molecular flexibility index (Phi) is 4.87. The van der Waals surface area contributed by atoms with Crippen molar-refractivity contribution in [3.05, 3.63) is 29.8 Å². The topological polar surface area (TPSA) is 24.1 Å². The largest absolute Gasteiger partial charge is 0.388 e. The van der Waals surface area contributed by atoms with Crippen molar-refractivity contribution in [2.75, 3.05) is 18.9 Å². The third kappa shape index (κ3) is 3.97. The van der Waals surface area contributed by atoms with Gasteiger partial charge in [-0.2, -0.15) is 0 Å². The summed E-state index contributed by atoms with van der Waals surface area (Å²) < 4.78 is 0. The standard InChI is InChI=1S/C17H28N2/c1-17(2,15-8-4-5-9-15)13-19-12-14-7-6-10-16(11-14)18-3/h6-7,10-11,15,18-19H,4-5,8-9,12-13H2,1-3H3. The van der Waals surface area contributed by atoms with Gasteiger partial charge in [0.15, 0.2) is 0 Å². The molecule has 106 valence electrons. The highest BCUT2D eigenvalue weighted by Crippen LogP contribution is 2.39. The average Bonchev–Trinajstić information content (AvgIpc) is 2.93. The summed E-state index contributed by atoms with van der Waals surface area (Å²) in [5.41, 5.74) is 2.97. The molecular formula is C17H28N2. The normalized spacial score (nSPS) is 16.8. The van der Waals surface area contributed by atoms with Crippen molar-refractivity contribution in [3.63, 3.8) is 0 Å². The van der Waals surface area contributed by atoms with Gasteiger partial charge >= 0.3 is 0 Å². The Morgan fingerprint density at radius 1 is 1.21 bits per heavy atom. The van der Waals surface area contributed by atoms with E-state index in [0.717, 1.165) is 19.0 Å². The average molecular weight is 260 g/mol.